The third kappa shape index (κ3) is 3.69. The van der Waals surface area contributed by atoms with Gasteiger partial charge in [-0.2, -0.15) is 0 Å². The minimum atomic E-state index is -0.755. The van der Waals surface area contributed by atoms with Gasteiger partial charge < -0.3 is 14.7 Å². The van der Waals surface area contributed by atoms with Crippen LogP contribution in [-0.2, 0) is 11.2 Å². The molecule has 0 bridgehead atoms. The van der Waals surface area contributed by atoms with Gasteiger partial charge in [0.2, 0.25) is 5.91 Å². The summed E-state index contributed by atoms with van der Waals surface area (Å²) in [7, 11) is 1.69. The normalized spacial score (nSPS) is 23.2. The molecule has 4 nitrogen and oxygen atoms in total. The van der Waals surface area contributed by atoms with Crippen molar-refractivity contribution in [3.63, 3.8) is 0 Å². The maximum atomic E-state index is 12.7. The van der Waals surface area contributed by atoms with Gasteiger partial charge in [-0.15, -0.1) is 0 Å². The molecule has 1 unspecified atom stereocenters. The number of aliphatic hydroxyl groups is 1. The van der Waals surface area contributed by atoms with E-state index in [1.54, 1.807) is 7.11 Å². The Balaban J connectivity index is 1.66. The molecule has 0 radical (unpaired) electrons. The van der Waals surface area contributed by atoms with Crippen LogP contribution in [0.25, 0.3) is 0 Å². The van der Waals surface area contributed by atoms with Gasteiger partial charge in [-0.05, 0) is 43.7 Å². The largest absolute Gasteiger partial charge is 0.496 e. The summed E-state index contributed by atoms with van der Waals surface area (Å²) in [5.41, 5.74) is 0.397. The van der Waals surface area contributed by atoms with Crippen LogP contribution in [0.3, 0.4) is 0 Å². The second-order valence-corrected chi connectivity index (χ2v) is 7.01. The second-order valence-electron chi connectivity index (χ2n) is 7.01. The highest BCUT2D eigenvalue weighted by atomic mass is 16.5. The number of ether oxygens (including phenoxy) is 1. The Morgan fingerprint density at radius 2 is 2.04 bits per heavy atom. The van der Waals surface area contributed by atoms with Crippen molar-refractivity contribution < 1.29 is 14.6 Å². The first-order valence-corrected chi connectivity index (χ1v) is 8.75. The Morgan fingerprint density at radius 3 is 2.78 bits per heavy atom. The fourth-order valence-electron chi connectivity index (χ4n) is 4.09. The average Bonchev–Trinajstić information content (AvgIpc) is 3.17. The number of amides is 1. The van der Waals surface area contributed by atoms with Crippen molar-refractivity contribution in [2.24, 2.45) is 0 Å². The highest BCUT2D eigenvalue weighted by molar-refractivity contribution is 5.78. The monoisotopic (exact) mass is 317 g/mol. The van der Waals surface area contributed by atoms with Gasteiger partial charge >= 0.3 is 0 Å². The lowest BCUT2D eigenvalue weighted by Crippen LogP contribution is -2.41. The lowest BCUT2D eigenvalue weighted by molar-refractivity contribution is -0.137. The molecule has 1 aromatic rings. The van der Waals surface area contributed by atoms with Crippen LogP contribution in [0.5, 0.6) is 5.75 Å². The van der Waals surface area contributed by atoms with Gasteiger partial charge in [-0.1, -0.05) is 31.0 Å². The van der Waals surface area contributed by atoms with Crippen LogP contribution in [0.2, 0.25) is 0 Å². The van der Waals surface area contributed by atoms with Crippen LogP contribution in [0, 0.1) is 0 Å². The number of hydrogen-bond donors (Lipinski definition) is 1. The summed E-state index contributed by atoms with van der Waals surface area (Å²) in [5.74, 6) is 1.01. The molecule has 0 spiro atoms. The number of nitrogens with zero attached hydrogens (tertiary/aromatic N) is 1. The minimum Gasteiger partial charge on any atom is -0.496 e. The molecule has 23 heavy (non-hydrogen) atoms. The Morgan fingerprint density at radius 1 is 1.30 bits per heavy atom. The quantitative estimate of drug-likeness (QED) is 0.908. The van der Waals surface area contributed by atoms with Gasteiger partial charge in [0.25, 0.3) is 0 Å². The fourth-order valence-corrected chi connectivity index (χ4v) is 4.09. The number of hydrogen-bond acceptors (Lipinski definition) is 3. The molecule has 2 fully saturated rings. The Bertz CT molecular complexity index is 551. The summed E-state index contributed by atoms with van der Waals surface area (Å²) in [6, 6.07) is 8.25. The second kappa shape index (κ2) is 6.91. The number of likely N-dealkylation sites (tertiary alicyclic amines) is 1. The average molecular weight is 317 g/mol. The van der Waals surface area contributed by atoms with Crippen LogP contribution in [0.4, 0.5) is 0 Å². The first-order valence-electron chi connectivity index (χ1n) is 8.75. The topological polar surface area (TPSA) is 49.8 Å². The Kier molecular flexibility index (Phi) is 4.90. The molecule has 2 aliphatic rings. The van der Waals surface area contributed by atoms with E-state index < -0.39 is 5.60 Å². The molecule has 0 aromatic heterocycles. The number of carbonyl (C=O) groups excluding carboxylic acids is 1. The van der Waals surface area contributed by atoms with Crippen LogP contribution >= 0.6 is 0 Å². The highest BCUT2D eigenvalue weighted by Gasteiger charge is 2.37. The van der Waals surface area contributed by atoms with E-state index in [1.807, 2.05) is 23.1 Å². The third-order valence-electron chi connectivity index (χ3n) is 5.36. The fraction of sp³-hybridized carbons (Fsp3) is 0.632. The maximum absolute atomic E-state index is 12.7. The minimum absolute atomic E-state index is 0.117. The summed E-state index contributed by atoms with van der Waals surface area (Å²) < 4.78 is 5.43. The summed E-state index contributed by atoms with van der Waals surface area (Å²) in [4.78, 5) is 14.7. The number of methoxy groups -OCH3 is 1. The van der Waals surface area contributed by atoms with Crippen molar-refractivity contribution in [3.05, 3.63) is 29.8 Å². The van der Waals surface area contributed by atoms with E-state index in [1.165, 1.54) is 0 Å². The van der Waals surface area contributed by atoms with Crippen LogP contribution in [0.15, 0.2) is 24.3 Å². The van der Waals surface area contributed by atoms with Gasteiger partial charge in [0.15, 0.2) is 0 Å². The van der Waals surface area contributed by atoms with E-state index in [-0.39, 0.29) is 18.4 Å². The molecule has 1 aliphatic heterocycles. The van der Waals surface area contributed by atoms with Gasteiger partial charge in [-0.25, -0.2) is 0 Å². The number of rotatable bonds is 5. The predicted octanol–water partition coefficient (Wildman–Crippen LogP) is 2.92. The number of para-hydroxylation sites is 1. The van der Waals surface area contributed by atoms with Crippen molar-refractivity contribution >= 4 is 5.91 Å². The first kappa shape index (κ1) is 16.3. The molecular formula is C19H27NO3. The summed E-state index contributed by atoms with van der Waals surface area (Å²) in [5, 5.41) is 10.5. The lowest BCUT2D eigenvalue weighted by Gasteiger charge is -2.29. The van der Waals surface area contributed by atoms with Gasteiger partial charge in [0.1, 0.15) is 5.75 Å². The van der Waals surface area contributed by atoms with Crippen molar-refractivity contribution in [2.75, 3.05) is 13.7 Å². The maximum Gasteiger partial charge on any atom is 0.225 e. The van der Waals surface area contributed by atoms with Crippen LogP contribution < -0.4 is 4.74 Å². The first-order chi connectivity index (χ1) is 11.1. The number of benzene rings is 1. The van der Waals surface area contributed by atoms with Crippen molar-refractivity contribution in [1.29, 1.82) is 0 Å². The van der Waals surface area contributed by atoms with E-state index in [0.717, 1.165) is 62.8 Å². The van der Waals surface area contributed by atoms with Crippen LogP contribution in [0.1, 0.15) is 50.5 Å². The molecule has 126 valence electrons. The van der Waals surface area contributed by atoms with Gasteiger partial charge in [0.05, 0.1) is 19.1 Å². The van der Waals surface area contributed by atoms with E-state index in [2.05, 4.69) is 6.07 Å². The zero-order valence-electron chi connectivity index (χ0n) is 14.0. The molecule has 1 aliphatic carbocycles. The molecule has 1 saturated heterocycles. The molecule has 4 heteroatoms. The Hall–Kier alpha value is -1.55. The molecule has 1 saturated carbocycles. The third-order valence-corrected chi connectivity index (χ3v) is 5.36. The summed E-state index contributed by atoms with van der Waals surface area (Å²) in [6.45, 7) is 0.814. The highest BCUT2D eigenvalue weighted by Crippen LogP contribution is 2.34. The smallest absolute Gasteiger partial charge is 0.225 e. The van der Waals surface area contributed by atoms with Crippen molar-refractivity contribution in [3.8, 4) is 5.75 Å². The molecular weight excluding hydrogens is 290 g/mol. The van der Waals surface area contributed by atoms with Crippen LogP contribution in [-0.4, -0.2) is 41.2 Å². The number of carbonyl (C=O) groups is 1. The van der Waals surface area contributed by atoms with E-state index in [0.29, 0.717) is 0 Å². The van der Waals surface area contributed by atoms with Gasteiger partial charge in [-0.3, -0.25) is 4.79 Å². The van der Waals surface area contributed by atoms with Crippen molar-refractivity contribution in [2.45, 2.75) is 63.0 Å². The van der Waals surface area contributed by atoms with E-state index in [9.17, 15) is 9.90 Å². The summed E-state index contributed by atoms with van der Waals surface area (Å²) >= 11 is 0. The molecule has 1 amide bonds. The molecule has 3 rings (SSSR count). The molecule has 1 aromatic carbocycles. The SMILES string of the molecule is COc1ccccc1CC1CCCN1C(=O)CC1(O)CCCC1. The van der Waals surface area contributed by atoms with Gasteiger partial charge in [0, 0.05) is 12.6 Å². The molecule has 1 N–H and O–H groups in total. The molecule has 1 heterocycles. The van der Waals surface area contributed by atoms with Crippen molar-refractivity contribution in [1.82, 2.24) is 4.90 Å². The summed E-state index contributed by atoms with van der Waals surface area (Å²) in [6.07, 6.45) is 6.80. The zero-order chi connectivity index (χ0) is 16.3. The lowest BCUT2D eigenvalue weighted by atomic mass is 9.96. The Labute approximate surface area is 138 Å². The predicted molar refractivity (Wildman–Crippen MR) is 89.5 cm³/mol. The van der Waals surface area contributed by atoms with E-state index in [4.69, 9.17) is 4.74 Å². The molecule has 1 atom stereocenters. The zero-order valence-corrected chi connectivity index (χ0v) is 14.0. The van der Waals surface area contributed by atoms with E-state index >= 15 is 0 Å². The standard InChI is InChI=1S/C19H27NO3/c1-23-17-9-3-2-7-15(17)13-16-8-6-12-20(16)18(21)14-19(22)10-4-5-11-19/h2-3,7,9,16,22H,4-6,8,10-14H2,1H3.